The molecule has 1 aliphatic rings. The monoisotopic (exact) mass is 369 g/mol. The number of ether oxygens (including phenoxy) is 1. The van der Waals surface area contributed by atoms with E-state index in [4.69, 9.17) is 14.0 Å². The second kappa shape index (κ2) is 7.27. The Kier molecular flexibility index (Phi) is 5.88. The third-order valence-electron chi connectivity index (χ3n) is 4.79. The molecule has 0 amide bonds. The number of nitrogens with one attached hydrogen (secondary N) is 1. The Bertz CT molecular complexity index is 702. The van der Waals surface area contributed by atoms with Crippen LogP contribution >= 0.6 is 0 Å². The van der Waals surface area contributed by atoms with E-state index in [0.29, 0.717) is 12.2 Å². The maximum atomic E-state index is 11.9. The van der Waals surface area contributed by atoms with Crippen LogP contribution in [0.25, 0.3) is 0 Å². The van der Waals surface area contributed by atoms with Crippen molar-refractivity contribution in [3.8, 4) is 5.75 Å². The van der Waals surface area contributed by atoms with Crippen molar-refractivity contribution in [3.63, 3.8) is 0 Å². The fraction of sp³-hybridized carbons (Fsp3) is 0.647. The van der Waals surface area contributed by atoms with E-state index >= 15 is 0 Å². The Morgan fingerprint density at radius 3 is 2.28 bits per heavy atom. The van der Waals surface area contributed by atoms with E-state index in [9.17, 15) is 8.42 Å². The van der Waals surface area contributed by atoms with E-state index in [2.05, 4.69) is 4.72 Å². The lowest BCUT2D eigenvalue weighted by molar-refractivity contribution is 0.00578. The van der Waals surface area contributed by atoms with Gasteiger partial charge in [-0.15, -0.1) is 0 Å². The van der Waals surface area contributed by atoms with E-state index in [-0.39, 0.29) is 12.3 Å². The lowest BCUT2D eigenvalue weighted by Gasteiger charge is -2.32. The molecule has 0 radical (unpaired) electrons. The second-order valence-corrected chi connectivity index (χ2v) is 9.23. The summed E-state index contributed by atoms with van der Waals surface area (Å²) < 4.78 is 43.9. The molecule has 0 spiro atoms. The minimum Gasteiger partial charge on any atom is -0.496 e. The summed E-state index contributed by atoms with van der Waals surface area (Å²) in [5.41, 5.74) is 0.722. The fourth-order valence-corrected chi connectivity index (χ4v) is 3.65. The van der Waals surface area contributed by atoms with Crippen molar-refractivity contribution < 1.29 is 22.5 Å². The number of sulfonamides is 1. The van der Waals surface area contributed by atoms with Gasteiger partial charge in [0.25, 0.3) is 0 Å². The summed E-state index contributed by atoms with van der Waals surface area (Å²) in [6.45, 7) is 9.98. The molecule has 1 N–H and O–H groups in total. The van der Waals surface area contributed by atoms with Gasteiger partial charge in [0.05, 0.1) is 24.1 Å². The molecular weight excluding hydrogens is 341 g/mol. The minimum absolute atomic E-state index is 0.103. The molecule has 0 saturated carbocycles. The van der Waals surface area contributed by atoms with Gasteiger partial charge in [0.1, 0.15) is 5.75 Å². The Morgan fingerprint density at radius 2 is 1.76 bits per heavy atom. The van der Waals surface area contributed by atoms with Crippen LogP contribution in [0.5, 0.6) is 5.75 Å². The predicted molar refractivity (Wildman–Crippen MR) is 99.6 cm³/mol. The van der Waals surface area contributed by atoms with E-state index < -0.39 is 28.3 Å². The molecule has 1 aliphatic heterocycles. The van der Waals surface area contributed by atoms with Crippen LogP contribution in [0.2, 0.25) is 0 Å². The van der Waals surface area contributed by atoms with Crippen LogP contribution in [-0.2, 0) is 25.9 Å². The standard InChI is InChI=1S/C17H28BNO5S/c1-7-10-25(20,21)19-12-13-11-14(8-9-15(13)22-6)18-23-16(2,3)17(4,5)24-18/h8-9,11,19H,7,10,12H2,1-6H3. The van der Waals surface area contributed by atoms with Crippen molar-refractivity contribution in [2.45, 2.75) is 58.8 Å². The van der Waals surface area contributed by atoms with Gasteiger partial charge in [0.2, 0.25) is 10.0 Å². The highest BCUT2D eigenvalue weighted by Crippen LogP contribution is 2.36. The average molecular weight is 369 g/mol. The molecular formula is C17H28BNO5S. The van der Waals surface area contributed by atoms with Gasteiger partial charge in [0.15, 0.2) is 0 Å². The van der Waals surface area contributed by atoms with Gasteiger partial charge in [-0.05, 0) is 45.6 Å². The molecule has 0 unspecified atom stereocenters. The van der Waals surface area contributed by atoms with Crippen LogP contribution in [-0.4, -0.2) is 39.6 Å². The van der Waals surface area contributed by atoms with Gasteiger partial charge < -0.3 is 14.0 Å². The molecule has 1 aromatic rings. The van der Waals surface area contributed by atoms with Crippen molar-refractivity contribution in [2.24, 2.45) is 0 Å². The maximum Gasteiger partial charge on any atom is 0.494 e. The summed E-state index contributed by atoms with van der Waals surface area (Å²) in [6.07, 6.45) is 0.570. The zero-order valence-corrected chi connectivity index (χ0v) is 16.7. The first-order valence-electron chi connectivity index (χ1n) is 8.51. The van der Waals surface area contributed by atoms with Gasteiger partial charge >= 0.3 is 7.12 Å². The lowest BCUT2D eigenvalue weighted by Crippen LogP contribution is -2.41. The molecule has 0 aromatic heterocycles. The zero-order chi connectivity index (χ0) is 18.9. The topological polar surface area (TPSA) is 73.9 Å². The van der Waals surface area contributed by atoms with Crippen LogP contribution in [0.4, 0.5) is 0 Å². The third kappa shape index (κ3) is 4.55. The van der Waals surface area contributed by atoms with Gasteiger partial charge in [-0.3, -0.25) is 0 Å². The van der Waals surface area contributed by atoms with E-state index in [0.717, 1.165) is 11.0 Å². The van der Waals surface area contributed by atoms with Gasteiger partial charge in [-0.1, -0.05) is 19.1 Å². The quantitative estimate of drug-likeness (QED) is 0.743. The molecule has 25 heavy (non-hydrogen) atoms. The molecule has 8 heteroatoms. The number of hydrogen-bond acceptors (Lipinski definition) is 5. The van der Waals surface area contributed by atoms with Crippen molar-refractivity contribution in [3.05, 3.63) is 23.8 Å². The Morgan fingerprint density at radius 1 is 1.16 bits per heavy atom. The Balaban J connectivity index is 2.23. The van der Waals surface area contributed by atoms with Crippen molar-refractivity contribution in [1.82, 2.24) is 4.72 Å². The predicted octanol–water partition coefficient (Wildman–Crippen LogP) is 1.82. The summed E-state index contributed by atoms with van der Waals surface area (Å²) in [5, 5.41) is 0. The van der Waals surface area contributed by atoms with Crippen LogP contribution in [0.3, 0.4) is 0 Å². The van der Waals surface area contributed by atoms with Crippen molar-refractivity contribution in [1.29, 1.82) is 0 Å². The number of rotatable bonds is 7. The third-order valence-corrected chi connectivity index (χ3v) is 6.32. The first kappa shape index (κ1) is 20.2. The largest absolute Gasteiger partial charge is 0.496 e. The number of benzene rings is 1. The molecule has 0 bridgehead atoms. The van der Waals surface area contributed by atoms with Crippen molar-refractivity contribution in [2.75, 3.05) is 12.9 Å². The summed E-state index contributed by atoms with van der Waals surface area (Å²) >= 11 is 0. The van der Waals surface area contributed by atoms with E-state index in [1.165, 1.54) is 0 Å². The highest BCUT2D eigenvalue weighted by Gasteiger charge is 2.51. The molecule has 0 aliphatic carbocycles. The highest BCUT2D eigenvalue weighted by molar-refractivity contribution is 7.89. The summed E-state index contributed by atoms with van der Waals surface area (Å²) in [7, 11) is -2.23. The van der Waals surface area contributed by atoms with Crippen LogP contribution in [0.1, 0.15) is 46.6 Å². The summed E-state index contributed by atoms with van der Waals surface area (Å²) in [5.74, 6) is 0.728. The Hall–Kier alpha value is -1.09. The molecule has 2 rings (SSSR count). The Labute approximate surface area is 151 Å². The molecule has 0 atom stereocenters. The lowest BCUT2D eigenvalue weighted by atomic mass is 9.78. The average Bonchev–Trinajstić information content (AvgIpc) is 2.73. The van der Waals surface area contributed by atoms with Crippen LogP contribution in [0.15, 0.2) is 18.2 Å². The molecule has 1 aromatic carbocycles. The molecule has 6 nitrogen and oxygen atoms in total. The smallest absolute Gasteiger partial charge is 0.494 e. The molecule has 1 fully saturated rings. The van der Waals surface area contributed by atoms with Gasteiger partial charge in [-0.25, -0.2) is 13.1 Å². The number of methoxy groups -OCH3 is 1. The normalized spacial score (nSPS) is 19.2. The fourth-order valence-electron chi connectivity index (χ4n) is 2.59. The second-order valence-electron chi connectivity index (χ2n) is 7.30. The van der Waals surface area contributed by atoms with E-state index in [1.54, 1.807) is 7.11 Å². The van der Waals surface area contributed by atoms with Gasteiger partial charge in [0, 0.05) is 12.1 Å². The SMILES string of the molecule is CCCS(=O)(=O)NCc1cc(B2OC(C)(C)C(C)(C)O2)ccc1OC. The van der Waals surface area contributed by atoms with Crippen molar-refractivity contribution >= 4 is 22.6 Å². The van der Waals surface area contributed by atoms with Crippen LogP contribution < -0.4 is 14.9 Å². The van der Waals surface area contributed by atoms with Gasteiger partial charge in [-0.2, -0.15) is 0 Å². The van der Waals surface area contributed by atoms with E-state index in [1.807, 2.05) is 52.8 Å². The molecule has 140 valence electrons. The first-order chi connectivity index (χ1) is 11.5. The first-order valence-corrected chi connectivity index (χ1v) is 10.2. The highest BCUT2D eigenvalue weighted by atomic mass is 32.2. The summed E-state index contributed by atoms with van der Waals surface area (Å²) in [4.78, 5) is 0. The minimum atomic E-state index is -3.29. The molecule has 1 heterocycles. The maximum absolute atomic E-state index is 11.9. The molecule has 1 saturated heterocycles. The van der Waals surface area contributed by atoms with Crippen LogP contribution in [0, 0.1) is 0 Å². The number of hydrogen-bond donors (Lipinski definition) is 1. The summed E-state index contributed by atoms with van der Waals surface area (Å²) in [6, 6.07) is 5.56. The zero-order valence-electron chi connectivity index (χ0n) is 15.9.